The van der Waals surface area contributed by atoms with Crippen LogP contribution < -0.4 is 30.2 Å². The van der Waals surface area contributed by atoms with Crippen LogP contribution in [0.25, 0.3) is 6.08 Å². The van der Waals surface area contributed by atoms with Crippen molar-refractivity contribution in [1.29, 1.82) is 5.26 Å². The number of amides is 3. The van der Waals surface area contributed by atoms with E-state index in [1.165, 1.54) is 55.4 Å². The van der Waals surface area contributed by atoms with Crippen molar-refractivity contribution in [2.45, 2.75) is 42.8 Å². The van der Waals surface area contributed by atoms with Gasteiger partial charge in [0, 0.05) is 32.7 Å². The minimum Gasteiger partial charge on any atom is -0.496 e. The van der Waals surface area contributed by atoms with Crippen LogP contribution in [0.15, 0.2) is 77.3 Å². The highest BCUT2D eigenvalue weighted by molar-refractivity contribution is 8.00. The summed E-state index contributed by atoms with van der Waals surface area (Å²) in [6.45, 7) is 1.79. The van der Waals surface area contributed by atoms with Gasteiger partial charge in [0.1, 0.15) is 22.5 Å². The number of nitrogens with zero attached hydrogens (tertiary/aromatic N) is 1. The first-order valence-electron chi connectivity index (χ1n) is 15.6. The van der Waals surface area contributed by atoms with Crippen molar-refractivity contribution in [3.8, 4) is 23.3 Å². The number of nitrogens with one attached hydrogen (secondary N) is 3. The number of hydrogen-bond acceptors (Lipinski definition) is 9. The third-order valence-electron chi connectivity index (χ3n) is 7.86. The summed E-state index contributed by atoms with van der Waals surface area (Å²) >= 11 is 2.82. The quantitative estimate of drug-likeness (QED) is 0.106. The van der Waals surface area contributed by atoms with Gasteiger partial charge in [-0.1, -0.05) is 24.3 Å². The number of rotatable bonds is 12. The number of aryl methyl sites for hydroxylation is 1. The van der Waals surface area contributed by atoms with E-state index in [0.29, 0.717) is 44.6 Å². The van der Waals surface area contributed by atoms with Crippen molar-refractivity contribution < 1.29 is 28.6 Å². The van der Waals surface area contributed by atoms with Gasteiger partial charge in [0.2, 0.25) is 5.91 Å². The number of thiophene rings is 1. The molecule has 49 heavy (non-hydrogen) atoms. The first kappa shape index (κ1) is 35.1. The van der Waals surface area contributed by atoms with Crippen LogP contribution >= 0.6 is 23.1 Å². The Labute approximate surface area is 293 Å². The lowest BCUT2D eigenvalue weighted by molar-refractivity contribution is -0.115. The molecular formula is C37H36N4O6S2. The first-order valence-corrected chi connectivity index (χ1v) is 17.3. The summed E-state index contributed by atoms with van der Waals surface area (Å²) in [6.07, 6.45) is 5.43. The third kappa shape index (κ3) is 8.43. The van der Waals surface area contributed by atoms with Gasteiger partial charge in [-0.25, -0.2) is 0 Å². The predicted molar refractivity (Wildman–Crippen MR) is 193 cm³/mol. The lowest BCUT2D eigenvalue weighted by Gasteiger charge is -2.15. The topological polar surface area (TPSA) is 139 Å². The molecule has 1 aromatic heterocycles. The van der Waals surface area contributed by atoms with Crippen molar-refractivity contribution in [2.75, 3.05) is 32.0 Å². The van der Waals surface area contributed by atoms with Crippen molar-refractivity contribution >= 4 is 57.6 Å². The zero-order valence-electron chi connectivity index (χ0n) is 27.5. The van der Waals surface area contributed by atoms with E-state index in [2.05, 4.69) is 22.0 Å². The second kappa shape index (κ2) is 16.2. The van der Waals surface area contributed by atoms with E-state index in [1.54, 1.807) is 67.6 Å². The van der Waals surface area contributed by atoms with Crippen LogP contribution in [0.2, 0.25) is 0 Å². The summed E-state index contributed by atoms with van der Waals surface area (Å²) in [5.41, 5.74) is 2.89. The van der Waals surface area contributed by atoms with Gasteiger partial charge in [-0.3, -0.25) is 14.4 Å². The lowest BCUT2D eigenvalue weighted by Crippen LogP contribution is -2.30. The van der Waals surface area contributed by atoms with E-state index >= 15 is 0 Å². The highest BCUT2D eigenvalue weighted by atomic mass is 32.2. The fourth-order valence-electron chi connectivity index (χ4n) is 5.35. The minimum absolute atomic E-state index is 0.0443. The molecule has 12 heteroatoms. The summed E-state index contributed by atoms with van der Waals surface area (Å²) < 4.78 is 16.4. The standard InChI is InChI=1S/C37H36N4O6S2/c1-22(34(42)41-37-28(21-38)27-15-8-9-16-33(27)49-37)48-26-14-10-13-25(19-26)39-36(44)29(40-35(43)23-11-6-5-7-12-23)17-24-18-31(46-3)32(47-4)20-30(24)45-2/h5-7,10-14,17-20,22H,8-9,15-16H2,1-4H3,(H,39,44)(H,40,43)(H,41,42)/b29-17+. The summed E-state index contributed by atoms with van der Waals surface area (Å²) in [5, 5.41) is 18.5. The molecule has 5 rings (SSSR count). The van der Waals surface area contributed by atoms with Gasteiger partial charge in [0.05, 0.1) is 32.1 Å². The third-order valence-corrected chi connectivity index (χ3v) is 10.2. The van der Waals surface area contributed by atoms with E-state index in [0.717, 1.165) is 36.1 Å². The Balaban J connectivity index is 1.35. The molecule has 4 aromatic rings. The molecule has 10 nitrogen and oxygen atoms in total. The molecule has 0 fully saturated rings. The maximum atomic E-state index is 13.8. The molecule has 3 aromatic carbocycles. The fourth-order valence-corrected chi connectivity index (χ4v) is 7.52. The van der Waals surface area contributed by atoms with Crippen LogP contribution in [-0.2, 0) is 22.4 Å². The number of fused-ring (bicyclic) bond motifs is 1. The van der Waals surface area contributed by atoms with Crippen molar-refractivity contribution in [1.82, 2.24) is 5.32 Å². The molecule has 3 N–H and O–H groups in total. The molecule has 3 amide bonds. The molecule has 0 saturated carbocycles. The van der Waals surface area contributed by atoms with Crippen LogP contribution in [0.3, 0.4) is 0 Å². The lowest BCUT2D eigenvalue weighted by atomic mass is 9.96. The summed E-state index contributed by atoms with van der Waals surface area (Å²) in [5.74, 6) is -0.0296. The van der Waals surface area contributed by atoms with E-state index in [9.17, 15) is 19.6 Å². The Bertz CT molecular complexity index is 1930. The Kier molecular flexibility index (Phi) is 11.6. The number of methoxy groups -OCH3 is 3. The SMILES string of the molecule is COc1cc(OC)c(OC)cc1/C=C(/NC(=O)c1ccccc1)C(=O)Nc1cccc(SC(C)C(=O)Nc2sc3c(c2C#N)CCCC3)c1. The summed E-state index contributed by atoms with van der Waals surface area (Å²) in [7, 11) is 4.49. The number of nitriles is 1. The van der Waals surface area contributed by atoms with Crippen LogP contribution in [-0.4, -0.2) is 44.3 Å². The molecular weight excluding hydrogens is 661 g/mol. The molecule has 0 aliphatic heterocycles. The Morgan fingerprint density at radius 1 is 0.898 bits per heavy atom. The van der Waals surface area contributed by atoms with Crippen LogP contribution in [0.1, 0.15) is 51.7 Å². The highest BCUT2D eigenvalue weighted by Crippen LogP contribution is 2.39. The molecule has 1 heterocycles. The number of ether oxygens (including phenoxy) is 3. The number of carbonyl (C=O) groups excluding carboxylic acids is 3. The Morgan fingerprint density at radius 3 is 2.33 bits per heavy atom. The van der Waals surface area contributed by atoms with Crippen LogP contribution in [0, 0.1) is 11.3 Å². The Hall–Kier alpha value is -5.25. The molecule has 0 bridgehead atoms. The van der Waals surface area contributed by atoms with Gasteiger partial charge < -0.3 is 30.2 Å². The molecule has 1 unspecified atom stereocenters. The van der Waals surface area contributed by atoms with Gasteiger partial charge in [0.15, 0.2) is 11.5 Å². The van der Waals surface area contributed by atoms with Gasteiger partial charge in [-0.05, 0) is 80.6 Å². The number of carbonyl (C=O) groups is 3. The first-order chi connectivity index (χ1) is 23.7. The molecule has 252 valence electrons. The number of thioether (sulfide) groups is 1. The average Bonchev–Trinajstić information content (AvgIpc) is 3.48. The summed E-state index contributed by atoms with van der Waals surface area (Å²) in [4.78, 5) is 42.1. The summed E-state index contributed by atoms with van der Waals surface area (Å²) in [6, 6.07) is 21.2. The number of anilines is 2. The van der Waals surface area contributed by atoms with E-state index < -0.39 is 17.1 Å². The fraction of sp³-hybridized carbons (Fsp3) is 0.243. The van der Waals surface area contributed by atoms with Gasteiger partial charge in [-0.15, -0.1) is 23.1 Å². The van der Waals surface area contributed by atoms with Crippen LogP contribution in [0.5, 0.6) is 17.2 Å². The van der Waals surface area contributed by atoms with E-state index in [4.69, 9.17) is 14.2 Å². The molecule has 0 radical (unpaired) electrons. The number of benzene rings is 3. The molecule has 1 aliphatic carbocycles. The van der Waals surface area contributed by atoms with E-state index in [1.807, 2.05) is 6.07 Å². The second-order valence-electron chi connectivity index (χ2n) is 11.1. The van der Waals surface area contributed by atoms with Gasteiger partial charge >= 0.3 is 0 Å². The zero-order valence-corrected chi connectivity index (χ0v) is 29.2. The van der Waals surface area contributed by atoms with E-state index in [-0.39, 0.29) is 11.6 Å². The zero-order chi connectivity index (χ0) is 34.9. The van der Waals surface area contributed by atoms with Crippen molar-refractivity contribution in [3.05, 3.63) is 99.6 Å². The molecule has 0 saturated heterocycles. The maximum Gasteiger partial charge on any atom is 0.272 e. The second-order valence-corrected chi connectivity index (χ2v) is 13.6. The monoisotopic (exact) mass is 696 g/mol. The molecule has 0 spiro atoms. The van der Waals surface area contributed by atoms with Crippen molar-refractivity contribution in [2.24, 2.45) is 0 Å². The Morgan fingerprint density at radius 2 is 1.61 bits per heavy atom. The number of hydrogen-bond donors (Lipinski definition) is 3. The maximum absolute atomic E-state index is 13.8. The minimum atomic E-state index is -0.584. The van der Waals surface area contributed by atoms with Gasteiger partial charge in [-0.2, -0.15) is 5.26 Å². The van der Waals surface area contributed by atoms with Crippen LogP contribution in [0.4, 0.5) is 10.7 Å². The van der Waals surface area contributed by atoms with Crippen molar-refractivity contribution in [3.63, 3.8) is 0 Å². The molecule has 1 atom stereocenters. The average molecular weight is 697 g/mol. The normalized spacial score (nSPS) is 12.9. The molecule has 1 aliphatic rings. The smallest absolute Gasteiger partial charge is 0.272 e. The highest BCUT2D eigenvalue weighted by Gasteiger charge is 2.24. The van der Waals surface area contributed by atoms with Gasteiger partial charge in [0.25, 0.3) is 11.8 Å². The largest absolute Gasteiger partial charge is 0.496 e. The predicted octanol–water partition coefficient (Wildman–Crippen LogP) is 7.05.